The van der Waals surface area contributed by atoms with Crippen LogP contribution in [0.3, 0.4) is 0 Å². The van der Waals surface area contributed by atoms with Crippen molar-refractivity contribution in [1.82, 2.24) is 30.4 Å². The normalized spacial score (nSPS) is 14.0. The quantitative estimate of drug-likeness (QED) is 0.655. The molecule has 150 valence electrons. The highest BCUT2D eigenvalue weighted by atomic mass is 19.1. The highest BCUT2D eigenvalue weighted by Crippen LogP contribution is 2.23. The van der Waals surface area contributed by atoms with Crippen LogP contribution in [0.15, 0.2) is 49.1 Å². The summed E-state index contributed by atoms with van der Waals surface area (Å²) in [5.74, 6) is 0.0473. The van der Waals surface area contributed by atoms with E-state index in [2.05, 4.69) is 30.7 Å². The van der Waals surface area contributed by atoms with Gasteiger partial charge in [-0.1, -0.05) is 6.07 Å². The molecule has 4 rings (SSSR count). The van der Waals surface area contributed by atoms with Gasteiger partial charge in [0.1, 0.15) is 24.3 Å². The van der Waals surface area contributed by atoms with Crippen molar-refractivity contribution in [3.63, 3.8) is 0 Å². The minimum atomic E-state index is -0.471. The number of anilines is 1. The summed E-state index contributed by atoms with van der Waals surface area (Å²) in [6, 6.07) is 9.99. The van der Waals surface area contributed by atoms with Gasteiger partial charge in [0.2, 0.25) is 0 Å². The van der Waals surface area contributed by atoms with Crippen LogP contribution in [-0.2, 0) is 6.54 Å². The molecule has 0 atom stereocenters. The number of aromatic nitrogens is 4. The number of nitrogens with zero attached hydrogens (tertiary/aromatic N) is 5. The van der Waals surface area contributed by atoms with Gasteiger partial charge < -0.3 is 20.1 Å². The van der Waals surface area contributed by atoms with E-state index in [0.29, 0.717) is 24.3 Å². The first-order valence-corrected chi connectivity index (χ1v) is 9.53. The van der Waals surface area contributed by atoms with E-state index < -0.39 is 5.82 Å². The number of hydrogen-bond donors (Lipinski definition) is 2. The molecular weight excluding hydrogens is 373 g/mol. The Morgan fingerprint density at radius 1 is 1.14 bits per heavy atom. The van der Waals surface area contributed by atoms with E-state index >= 15 is 0 Å². The number of nitrogens with one attached hydrogen (secondary N) is 2. The Hall–Kier alpha value is -3.33. The third-order valence-corrected chi connectivity index (χ3v) is 4.75. The van der Waals surface area contributed by atoms with Crippen molar-refractivity contribution in [2.45, 2.75) is 6.54 Å². The van der Waals surface area contributed by atoms with Crippen molar-refractivity contribution in [3.8, 4) is 11.3 Å². The van der Waals surface area contributed by atoms with Gasteiger partial charge in [-0.2, -0.15) is 0 Å². The summed E-state index contributed by atoms with van der Waals surface area (Å²) >= 11 is 0. The lowest BCUT2D eigenvalue weighted by atomic mass is 10.1. The van der Waals surface area contributed by atoms with Crippen LogP contribution >= 0.6 is 0 Å². The number of benzene rings is 1. The van der Waals surface area contributed by atoms with Crippen LogP contribution in [0.25, 0.3) is 11.3 Å². The van der Waals surface area contributed by atoms with E-state index in [-0.39, 0.29) is 11.5 Å². The maximum atomic E-state index is 14.2. The second kappa shape index (κ2) is 8.78. The Morgan fingerprint density at radius 3 is 2.72 bits per heavy atom. The molecule has 3 heterocycles. The summed E-state index contributed by atoms with van der Waals surface area (Å²) in [5, 5.41) is 13.5. The molecule has 0 saturated carbocycles. The van der Waals surface area contributed by atoms with Crippen molar-refractivity contribution < 1.29 is 9.18 Å². The lowest BCUT2D eigenvalue weighted by Gasteiger charge is -2.28. The number of hydrogen-bond acceptors (Lipinski definition) is 6. The van der Waals surface area contributed by atoms with E-state index in [1.54, 1.807) is 23.3 Å². The van der Waals surface area contributed by atoms with Crippen LogP contribution in [0.2, 0.25) is 0 Å². The summed E-state index contributed by atoms with van der Waals surface area (Å²) in [4.78, 5) is 19.3. The van der Waals surface area contributed by atoms with Crippen molar-refractivity contribution in [1.29, 1.82) is 0 Å². The van der Waals surface area contributed by atoms with Crippen LogP contribution in [0, 0.1) is 5.82 Å². The zero-order chi connectivity index (χ0) is 20.1. The summed E-state index contributed by atoms with van der Waals surface area (Å²) in [7, 11) is 0. The van der Waals surface area contributed by atoms with E-state index in [0.717, 1.165) is 32.0 Å². The molecule has 2 aromatic heterocycles. The number of amides is 1. The number of halogens is 1. The first kappa shape index (κ1) is 19.0. The van der Waals surface area contributed by atoms with Crippen molar-refractivity contribution >= 4 is 11.7 Å². The molecule has 1 fully saturated rings. The molecule has 3 aromatic rings. The molecule has 0 radical (unpaired) electrons. The molecule has 1 amide bonds. The highest BCUT2D eigenvalue weighted by Gasteiger charge is 2.14. The topological polar surface area (TPSA) is 88.0 Å². The van der Waals surface area contributed by atoms with E-state index in [9.17, 15) is 9.18 Å². The van der Waals surface area contributed by atoms with Crippen LogP contribution < -0.4 is 15.5 Å². The molecular formula is C20H22FN7O. The van der Waals surface area contributed by atoms with Gasteiger partial charge in [-0.05, 0) is 30.3 Å². The minimum Gasteiger partial charge on any atom is -0.354 e. The molecule has 1 aliphatic heterocycles. The summed E-state index contributed by atoms with van der Waals surface area (Å²) in [5.41, 5.74) is 1.48. The average molecular weight is 395 g/mol. The first-order valence-electron chi connectivity index (χ1n) is 9.53. The highest BCUT2D eigenvalue weighted by molar-refractivity contribution is 5.95. The molecule has 2 N–H and O–H groups in total. The smallest absolute Gasteiger partial charge is 0.251 e. The molecule has 0 spiro atoms. The number of carbonyl (C=O) groups is 1. The van der Waals surface area contributed by atoms with Crippen LogP contribution in [-0.4, -0.2) is 58.4 Å². The Morgan fingerprint density at radius 2 is 1.93 bits per heavy atom. The lowest BCUT2D eigenvalue weighted by molar-refractivity contribution is 0.0952. The number of carbonyl (C=O) groups excluding carboxylic acids is 1. The van der Waals surface area contributed by atoms with Gasteiger partial charge in [-0.25, -0.2) is 9.37 Å². The summed E-state index contributed by atoms with van der Waals surface area (Å²) in [6.45, 7) is 4.49. The third-order valence-electron chi connectivity index (χ3n) is 4.75. The minimum absolute atomic E-state index is 0.262. The second-order valence-corrected chi connectivity index (χ2v) is 6.80. The third kappa shape index (κ3) is 4.75. The van der Waals surface area contributed by atoms with Gasteiger partial charge >= 0.3 is 0 Å². The predicted molar refractivity (Wildman–Crippen MR) is 107 cm³/mol. The van der Waals surface area contributed by atoms with E-state index in [1.165, 1.54) is 12.1 Å². The zero-order valence-electron chi connectivity index (χ0n) is 15.9. The van der Waals surface area contributed by atoms with Gasteiger partial charge in [0, 0.05) is 50.4 Å². The van der Waals surface area contributed by atoms with E-state index in [4.69, 9.17) is 0 Å². The lowest BCUT2D eigenvalue weighted by Crippen LogP contribution is -2.43. The molecule has 0 bridgehead atoms. The van der Waals surface area contributed by atoms with Gasteiger partial charge in [0.25, 0.3) is 5.91 Å². The fraction of sp³-hybridized carbons (Fsp3) is 0.300. The molecule has 9 heteroatoms. The van der Waals surface area contributed by atoms with Crippen LogP contribution in [0.5, 0.6) is 0 Å². The van der Waals surface area contributed by atoms with Gasteiger partial charge in [0.15, 0.2) is 0 Å². The SMILES string of the molecule is O=C(NCCn1cnnc1)c1cc(F)cc(-c2cccc(N3CCNCC3)n2)c1. The molecule has 0 aliphatic carbocycles. The standard InChI is InChI=1S/C20H22FN7O/c21-17-11-15(18-2-1-3-19(26-18)28-8-4-22-5-9-28)10-16(12-17)20(29)23-6-7-27-13-24-25-14-27/h1-3,10-14,22H,4-9H2,(H,23,29). The first-order chi connectivity index (χ1) is 14.2. The molecule has 29 heavy (non-hydrogen) atoms. The Labute approximate surface area is 167 Å². The Kier molecular flexibility index (Phi) is 5.76. The van der Waals surface area contributed by atoms with Gasteiger partial charge in [-0.3, -0.25) is 4.79 Å². The average Bonchev–Trinajstić information content (AvgIpc) is 3.27. The largest absolute Gasteiger partial charge is 0.354 e. The molecule has 8 nitrogen and oxygen atoms in total. The summed E-state index contributed by atoms with van der Waals surface area (Å²) < 4.78 is 16.0. The van der Waals surface area contributed by atoms with Crippen LogP contribution in [0.4, 0.5) is 10.2 Å². The molecule has 1 aliphatic rings. The number of pyridine rings is 1. The summed E-state index contributed by atoms with van der Waals surface area (Å²) in [6.07, 6.45) is 3.15. The monoisotopic (exact) mass is 395 g/mol. The van der Waals surface area contributed by atoms with Gasteiger partial charge in [-0.15, -0.1) is 10.2 Å². The van der Waals surface area contributed by atoms with Gasteiger partial charge in [0.05, 0.1) is 5.69 Å². The fourth-order valence-electron chi connectivity index (χ4n) is 3.26. The number of piperazine rings is 1. The van der Waals surface area contributed by atoms with E-state index in [1.807, 2.05) is 18.2 Å². The second-order valence-electron chi connectivity index (χ2n) is 6.80. The molecule has 0 unspecified atom stereocenters. The van der Waals surface area contributed by atoms with Crippen molar-refractivity contribution in [3.05, 3.63) is 60.4 Å². The Bertz CT molecular complexity index is 971. The van der Waals surface area contributed by atoms with Crippen LogP contribution in [0.1, 0.15) is 10.4 Å². The maximum absolute atomic E-state index is 14.2. The predicted octanol–water partition coefficient (Wildman–Crippen LogP) is 1.32. The molecule has 1 aromatic carbocycles. The van der Waals surface area contributed by atoms with Crippen molar-refractivity contribution in [2.75, 3.05) is 37.6 Å². The van der Waals surface area contributed by atoms with Crippen molar-refractivity contribution in [2.24, 2.45) is 0 Å². The molecule has 1 saturated heterocycles. The zero-order valence-corrected chi connectivity index (χ0v) is 15.9. The number of rotatable bonds is 6. The maximum Gasteiger partial charge on any atom is 0.251 e. The fourth-order valence-corrected chi connectivity index (χ4v) is 3.26. The Balaban J connectivity index is 1.49.